The van der Waals surface area contributed by atoms with E-state index in [0.29, 0.717) is 37.3 Å². The molecule has 0 unspecified atom stereocenters. The molecule has 2 aromatic heterocycles. The fraction of sp³-hybridized carbons (Fsp3) is 0.520. The first-order valence-electron chi connectivity index (χ1n) is 12.2. The van der Waals surface area contributed by atoms with Crippen LogP contribution < -0.4 is 10.3 Å². The molecular formula is C25H31N5O6. The number of nitrogens with zero attached hydrogens (tertiary/aromatic N) is 4. The van der Waals surface area contributed by atoms with Crippen molar-refractivity contribution in [2.75, 3.05) is 38.3 Å². The summed E-state index contributed by atoms with van der Waals surface area (Å²) in [5.41, 5.74) is 5.36. The normalized spacial score (nSPS) is 19.6. The molecule has 0 bridgehead atoms. The van der Waals surface area contributed by atoms with Gasteiger partial charge in [0, 0.05) is 44.1 Å². The number of carbonyl (C=O) groups excluding carboxylic acids is 2. The van der Waals surface area contributed by atoms with Gasteiger partial charge in [0.1, 0.15) is 17.3 Å². The van der Waals surface area contributed by atoms with E-state index < -0.39 is 12.1 Å². The van der Waals surface area contributed by atoms with E-state index in [1.54, 1.807) is 24.9 Å². The molecule has 4 heterocycles. The number of nitrogens with one attached hydrogen (secondary N) is 1. The number of nitriles is 1. The number of aromatic nitrogens is 1. The summed E-state index contributed by atoms with van der Waals surface area (Å²) in [6, 6.07) is 3.40. The number of anilines is 1. The topological polar surface area (TPSA) is 130 Å². The molecule has 0 saturated carbocycles. The average Bonchev–Trinajstić information content (AvgIpc) is 3.47. The van der Waals surface area contributed by atoms with Crippen molar-refractivity contribution in [3.05, 3.63) is 29.3 Å². The van der Waals surface area contributed by atoms with Gasteiger partial charge in [0.05, 0.1) is 30.6 Å². The van der Waals surface area contributed by atoms with Gasteiger partial charge in [0.2, 0.25) is 5.76 Å². The summed E-state index contributed by atoms with van der Waals surface area (Å²) in [7, 11) is 1.84. The number of furan rings is 1. The smallest absolute Gasteiger partial charge is 0.414 e. The zero-order valence-electron chi connectivity index (χ0n) is 21.0. The molecule has 1 amide bonds. The predicted molar refractivity (Wildman–Crippen MR) is 131 cm³/mol. The van der Waals surface area contributed by atoms with Crippen LogP contribution in [-0.2, 0) is 14.2 Å². The Balaban J connectivity index is 1.95. The second-order valence-electron chi connectivity index (χ2n) is 8.59. The van der Waals surface area contributed by atoms with Crippen molar-refractivity contribution in [3.63, 3.8) is 0 Å². The molecular weight excluding hydrogens is 466 g/mol. The zero-order chi connectivity index (χ0) is 25.8. The maximum atomic E-state index is 13.4. The number of pyridine rings is 1. The molecule has 4 rings (SSSR count). The van der Waals surface area contributed by atoms with Gasteiger partial charge in [0.15, 0.2) is 5.58 Å². The lowest BCUT2D eigenvalue weighted by molar-refractivity contribution is 0.00465. The van der Waals surface area contributed by atoms with Crippen molar-refractivity contribution >= 4 is 34.4 Å². The second kappa shape index (κ2) is 11.0. The molecule has 2 aromatic rings. The zero-order valence-corrected chi connectivity index (χ0v) is 21.0. The van der Waals surface area contributed by atoms with Crippen LogP contribution in [0.2, 0.25) is 0 Å². The van der Waals surface area contributed by atoms with E-state index in [9.17, 15) is 14.9 Å². The van der Waals surface area contributed by atoms with Crippen LogP contribution in [0.25, 0.3) is 16.7 Å². The van der Waals surface area contributed by atoms with Gasteiger partial charge >= 0.3 is 12.1 Å². The Morgan fingerprint density at radius 3 is 2.72 bits per heavy atom. The second-order valence-corrected chi connectivity index (χ2v) is 8.59. The lowest BCUT2D eigenvalue weighted by atomic mass is 9.99. The third-order valence-electron chi connectivity index (χ3n) is 6.26. The number of hydrogen-bond acceptors (Lipinski definition) is 10. The van der Waals surface area contributed by atoms with Gasteiger partial charge in [-0.2, -0.15) is 5.26 Å². The van der Waals surface area contributed by atoms with Crippen LogP contribution >= 0.6 is 0 Å². The molecule has 1 N–H and O–H groups in total. The standard InChI is InChI=1S/C25H31N5O6/c1-5-18-11-17(8-9-35-18)30(25(32)34-7-3)22-21-19(36-23(22)24(31)33-6-2)10-15(12-26)20(28-21)16-13-27-29(4)14-16/h10,14,17-18,27H,5-9,11,13H2,1-4H3/t17-,18-/m0/s1. The summed E-state index contributed by atoms with van der Waals surface area (Å²) >= 11 is 0. The number of amides is 1. The lowest BCUT2D eigenvalue weighted by Crippen LogP contribution is -2.46. The Bertz CT molecular complexity index is 1220. The minimum atomic E-state index is -0.722. The van der Waals surface area contributed by atoms with Crippen LogP contribution in [0.3, 0.4) is 0 Å². The van der Waals surface area contributed by atoms with Crippen LogP contribution in [-0.4, -0.2) is 67.6 Å². The molecule has 1 saturated heterocycles. The van der Waals surface area contributed by atoms with Crippen LogP contribution in [0.5, 0.6) is 0 Å². The molecule has 192 valence electrons. The highest BCUT2D eigenvalue weighted by Crippen LogP contribution is 2.39. The number of ether oxygens (including phenoxy) is 3. The van der Waals surface area contributed by atoms with Gasteiger partial charge in [-0.15, -0.1) is 0 Å². The molecule has 1 fully saturated rings. The number of hydrazine groups is 1. The Hall–Kier alpha value is -3.62. The summed E-state index contributed by atoms with van der Waals surface area (Å²) < 4.78 is 22.5. The van der Waals surface area contributed by atoms with Gasteiger partial charge in [-0.1, -0.05) is 6.92 Å². The van der Waals surface area contributed by atoms with E-state index >= 15 is 0 Å². The van der Waals surface area contributed by atoms with Gasteiger partial charge in [0.25, 0.3) is 0 Å². The molecule has 0 spiro atoms. The van der Waals surface area contributed by atoms with E-state index in [1.165, 1.54) is 4.90 Å². The molecule has 36 heavy (non-hydrogen) atoms. The van der Waals surface area contributed by atoms with E-state index in [4.69, 9.17) is 23.6 Å². The quantitative estimate of drug-likeness (QED) is 0.566. The van der Waals surface area contributed by atoms with Crippen molar-refractivity contribution < 1.29 is 28.2 Å². The van der Waals surface area contributed by atoms with E-state index in [-0.39, 0.29) is 47.9 Å². The maximum absolute atomic E-state index is 13.4. The molecule has 0 radical (unpaired) electrons. The Kier molecular flexibility index (Phi) is 7.76. The summed E-state index contributed by atoms with van der Waals surface area (Å²) in [5, 5.41) is 11.6. The Morgan fingerprint density at radius 1 is 1.31 bits per heavy atom. The van der Waals surface area contributed by atoms with Gasteiger partial charge in [-0.3, -0.25) is 4.90 Å². The first-order valence-corrected chi connectivity index (χ1v) is 12.2. The van der Waals surface area contributed by atoms with Gasteiger partial charge in [-0.25, -0.2) is 20.0 Å². The molecule has 2 aliphatic heterocycles. The predicted octanol–water partition coefficient (Wildman–Crippen LogP) is 3.59. The number of rotatable bonds is 7. The van der Waals surface area contributed by atoms with Crippen molar-refractivity contribution in [2.45, 2.75) is 52.2 Å². The monoisotopic (exact) mass is 497 g/mol. The minimum absolute atomic E-state index is 0.0381. The number of carbonyl (C=O) groups is 2. The fourth-order valence-corrected chi connectivity index (χ4v) is 4.57. The van der Waals surface area contributed by atoms with Crippen molar-refractivity contribution in [1.29, 1.82) is 5.26 Å². The average molecular weight is 498 g/mol. The van der Waals surface area contributed by atoms with Crippen LogP contribution in [0, 0.1) is 11.3 Å². The number of esters is 1. The molecule has 0 aliphatic carbocycles. The van der Waals surface area contributed by atoms with Crippen molar-refractivity contribution in [2.24, 2.45) is 0 Å². The van der Waals surface area contributed by atoms with Crippen molar-refractivity contribution in [3.8, 4) is 6.07 Å². The fourth-order valence-electron chi connectivity index (χ4n) is 4.57. The first-order chi connectivity index (χ1) is 17.4. The summed E-state index contributed by atoms with van der Waals surface area (Å²) in [5.74, 6) is -0.871. The molecule has 0 aromatic carbocycles. The highest BCUT2D eigenvalue weighted by Gasteiger charge is 2.38. The SMILES string of the molecule is CCOC(=O)c1oc2cc(C#N)c(C3=CN(C)NC3)nc2c1N(C(=O)OCC)[C@H]1CCO[C@@H](CC)C1. The molecule has 11 heteroatoms. The number of hydrogen-bond donors (Lipinski definition) is 1. The number of fused-ring (bicyclic) bond motifs is 1. The van der Waals surface area contributed by atoms with Gasteiger partial charge in [-0.05, 0) is 33.1 Å². The Labute approximate surface area is 209 Å². The lowest BCUT2D eigenvalue weighted by Gasteiger charge is -2.36. The minimum Gasteiger partial charge on any atom is -0.460 e. The van der Waals surface area contributed by atoms with Gasteiger partial charge < -0.3 is 23.6 Å². The third-order valence-corrected chi connectivity index (χ3v) is 6.26. The molecule has 2 atom stereocenters. The van der Waals surface area contributed by atoms with Crippen LogP contribution in [0.1, 0.15) is 61.8 Å². The van der Waals surface area contributed by atoms with E-state index in [1.807, 2.05) is 20.2 Å². The summed E-state index contributed by atoms with van der Waals surface area (Å²) in [6.07, 6.45) is 3.09. The summed E-state index contributed by atoms with van der Waals surface area (Å²) in [4.78, 5) is 32.6. The Morgan fingerprint density at radius 2 is 2.08 bits per heavy atom. The third kappa shape index (κ3) is 4.87. The largest absolute Gasteiger partial charge is 0.460 e. The molecule has 11 nitrogen and oxygen atoms in total. The van der Waals surface area contributed by atoms with Crippen LogP contribution in [0.15, 0.2) is 16.7 Å². The maximum Gasteiger partial charge on any atom is 0.414 e. The highest BCUT2D eigenvalue weighted by atomic mass is 16.6. The van der Waals surface area contributed by atoms with Crippen LogP contribution in [0.4, 0.5) is 10.5 Å². The van der Waals surface area contributed by atoms with Crippen molar-refractivity contribution in [1.82, 2.24) is 15.4 Å². The van der Waals surface area contributed by atoms with E-state index in [2.05, 4.69) is 11.5 Å². The first kappa shape index (κ1) is 25.5. The molecule has 2 aliphatic rings. The highest BCUT2D eigenvalue weighted by molar-refractivity contribution is 6.08. The summed E-state index contributed by atoms with van der Waals surface area (Å²) in [6.45, 7) is 6.65. The van der Waals surface area contributed by atoms with E-state index in [0.717, 1.165) is 12.0 Å².